The van der Waals surface area contributed by atoms with Crippen molar-refractivity contribution in [3.05, 3.63) is 52.9 Å². The zero-order valence-electron chi connectivity index (χ0n) is 9.72. The molecule has 0 fully saturated rings. The standard InChI is InChI=1S/C13H9BrN4O/c14-9-3-4-15-12(6-9)18-13(19)8-1-2-10-11(5-8)17-7-16-10/h1-7H,(H,16,17)(H,15,18,19). The quantitative estimate of drug-likeness (QED) is 0.763. The summed E-state index contributed by atoms with van der Waals surface area (Å²) in [7, 11) is 0. The van der Waals surface area contributed by atoms with Gasteiger partial charge >= 0.3 is 0 Å². The molecule has 0 bridgehead atoms. The van der Waals surface area contributed by atoms with E-state index in [-0.39, 0.29) is 5.91 Å². The van der Waals surface area contributed by atoms with Gasteiger partial charge in [0.2, 0.25) is 0 Å². The van der Waals surface area contributed by atoms with Crippen LogP contribution in [0.4, 0.5) is 5.82 Å². The summed E-state index contributed by atoms with van der Waals surface area (Å²) in [6.45, 7) is 0. The fourth-order valence-electron chi connectivity index (χ4n) is 1.74. The second-order valence-corrected chi connectivity index (χ2v) is 4.86. The van der Waals surface area contributed by atoms with Gasteiger partial charge < -0.3 is 10.3 Å². The Morgan fingerprint density at radius 2 is 2.11 bits per heavy atom. The van der Waals surface area contributed by atoms with Gasteiger partial charge in [0.05, 0.1) is 17.4 Å². The fourth-order valence-corrected chi connectivity index (χ4v) is 2.07. The van der Waals surface area contributed by atoms with Crippen LogP contribution >= 0.6 is 15.9 Å². The lowest BCUT2D eigenvalue weighted by Crippen LogP contribution is -2.12. The maximum atomic E-state index is 12.1. The van der Waals surface area contributed by atoms with E-state index in [0.717, 1.165) is 15.5 Å². The number of aromatic amines is 1. The molecule has 94 valence electrons. The first-order valence-corrected chi connectivity index (χ1v) is 6.38. The lowest BCUT2D eigenvalue weighted by Gasteiger charge is -2.04. The molecule has 1 amide bonds. The molecule has 6 heteroatoms. The molecule has 2 aromatic heterocycles. The number of nitrogens with zero attached hydrogens (tertiary/aromatic N) is 2. The lowest BCUT2D eigenvalue weighted by atomic mass is 10.2. The summed E-state index contributed by atoms with van der Waals surface area (Å²) < 4.78 is 0.863. The Morgan fingerprint density at radius 3 is 2.95 bits per heavy atom. The number of nitrogens with one attached hydrogen (secondary N) is 2. The average molecular weight is 317 g/mol. The summed E-state index contributed by atoms with van der Waals surface area (Å²) in [6, 6.07) is 8.83. The molecule has 3 aromatic rings. The number of carbonyl (C=O) groups is 1. The molecule has 0 aliphatic rings. The number of pyridine rings is 1. The average Bonchev–Trinajstić information content (AvgIpc) is 2.85. The number of carbonyl (C=O) groups excluding carboxylic acids is 1. The molecule has 2 heterocycles. The highest BCUT2D eigenvalue weighted by atomic mass is 79.9. The van der Waals surface area contributed by atoms with Gasteiger partial charge in [0, 0.05) is 16.2 Å². The molecule has 0 radical (unpaired) electrons. The fraction of sp³-hybridized carbons (Fsp3) is 0. The number of anilines is 1. The van der Waals surface area contributed by atoms with Gasteiger partial charge in [0.25, 0.3) is 5.91 Å². The lowest BCUT2D eigenvalue weighted by molar-refractivity contribution is 0.102. The largest absolute Gasteiger partial charge is 0.345 e. The Balaban J connectivity index is 1.87. The van der Waals surface area contributed by atoms with Crippen LogP contribution in [0.5, 0.6) is 0 Å². The van der Waals surface area contributed by atoms with Crippen LogP contribution in [0, 0.1) is 0 Å². The molecule has 0 saturated carbocycles. The van der Waals surface area contributed by atoms with Gasteiger partial charge in [-0.2, -0.15) is 0 Å². The first kappa shape index (κ1) is 11.9. The molecule has 1 aromatic carbocycles. The van der Waals surface area contributed by atoms with Crippen molar-refractivity contribution in [2.45, 2.75) is 0 Å². The van der Waals surface area contributed by atoms with E-state index in [4.69, 9.17) is 0 Å². The maximum absolute atomic E-state index is 12.1. The summed E-state index contributed by atoms with van der Waals surface area (Å²) in [5, 5.41) is 2.74. The van der Waals surface area contributed by atoms with E-state index in [1.807, 2.05) is 0 Å². The maximum Gasteiger partial charge on any atom is 0.256 e. The Hall–Kier alpha value is -2.21. The minimum absolute atomic E-state index is 0.206. The van der Waals surface area contributed by atoms with Gasteiger partial charge in [-0.25, -0.2) is 9.97 Å². The summed E-state index contributed by atoms with van der Waals surface area (Å²) in [5.41, 5.74) is 2.21. The molecular weight excluding hydrogens is 308 g/mol. The van der Waals surface area contributed by atoms with E-state index in [9.17, 15) is 4.79 Å². The molecule has 19 heavy (non-hydrogen) atoms. The highest BCUT2D eigenvalue weighted by Gasteiger charge is 2.08. The molecule has 2 N–H and O–H groups in total. The molecule has 0 spiro atoms. The van der Waals surface area contributed by atoms with E-state index in [0.29, 0.717) is 11.4 Å². The van der Waals surface area contributed by atoms with E-state index in [1.165, 1.54) is 0 Å². The first-order valence-electron chi connectivity index (χ1n) is 5.58. The van der Waals surface area contributed by atoms with Crippen molar-refractivity contribution in [1.82, 2.24) is 15.0 Å². The number of H-pyrrole nitrogens is 1. The van der Waals surface area contributed by atoms with Crippen molar-refractivity contribution in [3.63, 3.8) is 0 Å². The molecular formula is C13H9BrN4O. The number of amides is 1. The molecule has 0 aliphatic carbocycles. The predicted molar refractivity (Wildman–Crippen MR) is 76.0 cm³/mol. The topological polar surface area (TPSA) is 70.7 Å². The van der Waals surface area contributed by atoms with Gasteiger partial charge in [0.15, 0.2) is 0 Å². The second kappa shape index (κ2) is 4.81. The number of fused-ring (bicyclic) bond motifs is 1. The highest BCUT2D eigenvalue weighted by molar-refractivity contribution is 9.10. The first-order chi connectivity index (χ1) is 9.22. The monoisotopic (exact) mass is 316 g/mol. The van der Waals surface area contributed by atoms with Crippen molar-refractivity contribution in [1.29, 1.82) is 0 Å². The van der Waals surface area contributed by atoms with Crippen molar-refractivity contribution >= 4 is 38.7 Å². The Labute approximate surface area is 117 Å². The smallest absolute Gasteiger partial charge is 0.256 e. The molecule has 0 atom stereocenters. The summed E-state index contributed by atoms with van der Waals surface area (Å²) >= 11 is 3.33. The number of benzene rings is 1. The number of hydrogen-bond acceptors (Lipinski definition) is 3. The zero-order valence-corrected chi connectivity index (χ0v) is 11.3. The number of imidazole rings is 1. The minimum atomic E-state index is -0.206. The summed E-state index contributed by atoms with van der Waals surface area (Å²) in [5.74, 6) is 0.297. The van der Waals surface area contributed by atoms with E-state index in [2.05, 4.69) is 36.2 Å². The number of hydrogen-bond donors (Lipinski definition) is 2. The molecule has 5 nitrogen and oxygen atoms in total. The third-order valence-electron chi connectivity index (χ3n) is 2.65. The third kappa shape index (κ3) is 2.48. The molecule has 0 aliphatic heterocycles. The van der Waals surface area contributed by atoms with Crippen LogP contribution < -0.4 is 5.32 Å². The van der Waals surface area contributed by atoms with Gasteiger partial charge in [0.1, 0.15) is 5.82 Å². The van der Waals surface area contributed by atoms with Crippen LogP contribution in [0.3, 0.4) is 0 Å². The number of rotatable bonds is 2. The van der Waals surface area contributed by atoms with E-state index < -0.39 is 0 Å². The Morgan fingerprint density at radius 1 is 1.21 bits per heavy atom. The van der Waals surface area contributed by atoms with Crippen LogP contribution in [0.1, 0.15) is 10.4 Å². The van der Waals surface area contributed by atoms with Crippen molar-refractivity contribution in [2.24, 2.45) is 0 Å². The minimum Gasteiger partial charge on any atom is -0.345 e. The molecule has 0 saturated heterocycles. The Bertz CT molecular complexity index is 753. The van der Waals surface area contributed by atoms with Crippen LogP contribution in [-0.2, 0) is 0 Å². The third-order valence-corrected chi connectivity index (χ3v) is 3.14. The van der Waals surface area contributed by atoms with Gasteiger partial charge in [-0.05, 0) is 30.3 Å². The predicted octanol–water partition coefficient (Wildman–Crippen LogP) is 2.97. The van der Waals surface area contributed by atoms with Crippen LogP contribution in [0.2, 0.25) is 0 Å². The highest BCUT2D eigenvalue weighted by Crippen LogP contribution is 2.15. The number of halogens is 1. The van der Waals surface area contributed by atoms with Gasteiger partial charge in [-0.1, -0.05) is 15.9 Å². The molecule has 3 rings (SSSR count). The number of aromatic nitrogens is 3. The zero-order chi connectivity index (χ0) is 13.2. The van der Waals surface area contributed by atoms with Crippen molar-refractivity contribution < 1.29 is 4.79 Å². The second-order valence-electron chi connectivity index (χ2n) is 3.95. The van der Waals surface area contributed by atoms with E-state index >= 15 is 0 Å². The normalized spacial score (nSPS) is 10.6. The van der Waals surface area contributed by atoms with Gasteiger partial charge in [-0.15, -0.1) is 0 Å². The van der Waals surface area contributed by atoms with E-state index in [1.54, 1.807) is 42.9 Å². The van der Waals surface area contributed by atoms with Crippen LogP contribution in [0.15, 0.2) is 47.3 Å². The SMILES string of the molecule is O=C(Nc1cc(Br)ccn1)c1ccc2nc[nH]c2c1. The van der Waals surface area contributed by atoms with Gasteiger partial charge in [-0.3, -0.25) is 4.79 Å². The van der Waals surface area contributed by atoms with Crippen LogP contribution in [0.25, 0.3) is 11.0 Å². The molecule has 0 unspecified atom stereocenters. The summed E-state index contributed by atoms with van der Waals surface area (Å²) in [6.07, 6.45) is 3.22. The van der Waals surface area contributed by atoms with Crippen molar-refractivity contribution in [2.75, 3.05) is 5.32 Å². The van der Waals surface area contributed by atoms with Crippen LogP contribution in [-0.4, -0.2) is 20.9 Å². The van der Waals surface area contributed by atoms with Crippen molar-refractivity contribution in [3.8, 4) is 0 Å². The summed E-state index contributed by atoms with van der Waals surface area (Å²) in [4.78, 5) is 23.2. The Kier molecular flexibility index (Phi) is 3.00.